The van der Waals surface area contributed by atoms with Crippen molar-refractivity contribution in [3.8, 4) is 5.75 Å². The highest BCUT2D eigenvalue weighted by atomic mass is 35.5. The molecule has 1 fully saturated rings. The Morgan fingerprint density at radius 1 is 1.35 bits per heavy atom. The number of ether oxygens (including phenoxy) is 1. The molecule has 0 heterocycles. The number of hydrogen-bond acceptors (Lipinski definition) is 3. The number of halogens is 2. The van der Waals surface area contributed by atoms with E-state index in [1.807, 2.05) is 31.2 Å². The van der Waals surface area contributed by atoms with Crippen LogP contribution in [0.25, 0.3) is 0 Å². The normalized spacial score (nSPS) is 24.1. The van der Waals surface area contributed by atoms with Gasteiger partial charge in [0, 0.05) is 0 Å². The van der Waals surface area contributed by atoms with Crippen molar-refractivity contribution >= 4 is 34.8 Å². The molecule has 1 N–H and O–H groups in total. The standard InChI is InChI=1S/C14H16Cl2N2O2/c1-9(10-4-6-11(20-3)7-5-10)17-18-12(19)13(2)8-14(13,15)16/h4-7H,8H2,1-3H3,(H,18,19)/b17-9+. The zero-order chi connectivity index (χ0) is 15.0. The Morgan fingerprint density at radius 2 is 1.90 bits per heavy atom. The zero-order valence-corrected chi connectivity index (χ0v) is 13.0. The average Bonchev–Trinajstić information content (AvgIpc) is 2.96. The third-order valence-electron chi connectivity index (χ3n) is 3.59. The van der Waals surface area contributed by atoms with Crippen molar-refractivity contribution in [2.45, 2.75) is 24.6 Å². The summed E-state index contributed by atoms with van der Waals surface area (Å²) in [6.45, 7) is 3.53. The number of methoxy groups -OCH3 is 1. The summed E-state index contributed by atoms with van der Waals surface area (Å²) in [5.41, 5.74) is 3.35. The highest BCUT2D eigenvalue weighted by molar-refractivity contribution is 6.53. The summed E-state index contributed by atoms with van der Waals surface area (Å²) < 4.78 is 4.10. The molecule has 108 valence electrons. The minimum absolute atomic E-state index is 0.268. The molecule has 0 radical (unpaired) electrons. The summed E-state index contributed by atoms with van der Waals surface area (Å²) in [6.07, 6.45) is 0.437. The first-order valence-electron chi connectivity index (χ1n) is 6.17. The number of nitrogens with one attached hydrogen (secondary N) is 1. The van der Waals surface area contributed by atoms with Gasteiger partial charge in [0.1, 0.15) is 10.1 Å². The number of amides is 1. The van der Waals surface area contributed by atoms with E-state index in [0.717, 1.165) is 11.3 Å². The van der Waals surface area contributed by atoms with Crippen LogP contribution < -0.4 is 10.2 Å². The van der Waals surface area contributed by atoms with E-state index in [1.165, 1.54) is 0 Å². The van der Waals surface area contributed by atoms with Crippen molar-refractivity contribution in [1.82, 2.24) is 5.43 Å². The molecule has 1 saturated carbocycles. The van der Waals surface area contributed by atoms with E-state index < -0.39 is 9.75 Å². The lowest BCUT2D eigenvalue weighted by molar-refractivity contribution is -0.125. The van der Waals surface area contributed by atoms with E-state index in [2.05, 4.69) is 10.5 Å². The van der Waals surface area contributed by atoms with Crippen molar-refractivity contribution in [2.75, 3.05) is 7.11 Å². The Balaban J connectivity index is 2.02. The molecule has 1 unspecified atom stereocenters. The van der Waals surface area contributed by atoms with Gasteiger partial charge in [-0.3, -0.25) is 4.79 Å². The second kappa shape index (κ2) is 5.26. The predicted molar refractivity (Wildman–Crippen MR) is 80.5 cm³/mol. The summed E-state index contributed by atoms with van der Waals surface area (Å²) in [5.74, 6) is 0.500. The van der Waals surface area contributed by atoms with Gasteiger partial charge in [0.05, 0.1) is 18.2 Å². The Hall–Kier alpha value is -1.26. The Morgan fingerprint density at radius 3 is 2.35 bits per heavy atom. The fraction of sp³-hybridized carbons (Fsp3) is 0.429. The molecule has 0 saturated heterocycles. The van der Waals surface area contributed by atoms with Gasteiger partial charge in [-0.1, -0.05) is 0 Å². The molecule has 1 amide bonds. The van der Waals surface area contributed by atoms with Crippen LogP contribution in [-0.4, -0.2) is 23.1 Å². The number of carbonyl (C=O) groups excluding carboxylic acids is 1. The van der Waals surface area contributed by atoms with Gasteiger partial charge < -0.3 is 4.74 Å². The third kappa shape index (κ3) is 2.76. The Labute approximate surface area is 128 Å². The fourth-order valence-electron chi connectivity index (χ4n) is 1.80. The third-order valence-corrected chi connectivity index (χ3v) is 4.69. The van der Waals surface area contributed by atoms with Crippen molar-refractivity contribution < 1.29 is 9.53 Å². The summed E-state index contributed by atoms with van der Waals surface area (Å²) in [4.78, 5) is 12.0. The van der Waals surface area contributed by atoms with E-state index in [1.54, 1.807) is 14.0 Å². The van der Waals surface area contributed by atoms with Gasteiger partial charge in [0.25, 0.3) is 0 Å². The van der Waals surface area contributed by atoms with E-state index in [0.29, 0.717) is 12.1 Å². The lowest BCUT2D eigenvalue weighted by Crippen LogP contribution is -2.30. The first kappa shape index (κ1) is 15.1. The van der Waals surface area contributed by atoms with Gasteiger partial charge in [0.2, 0.25) is 5.91 Å². The van der Waals surface area contributed by atoms with Gasteiger partial charge in [-0.2, -0.15) is 5.10 Å². The molecule has 6 heteroatoms. The second-order valence-electron chi connectivity index (χ2n) is 5.08. The van der Waals surface area contributed by atoms with Crippen LogP contribution in [0.3, 0.4) is 0 Å². The molecule has 1 aromatic carbocycles. The number of hydrazone groups is 1. The van der Waals surface area contributed by atoms with E-state index in [-0.39, 0.29) is 5.91 Å². The average molecular weight is 315 g/mol. The topological polar surface area (TPSA) is 50.7 Å². The fourth-order valence-corrected chi connectivity index (χ4v) is 2.51. The SMILES string of the molecule is COc1ccc(/C(C)=N/NC(=O)C2(C)CC2(Cl)Cl)cc1. The lowest BCUT2D eigenvalue weighted by Gasteiger charge is -2.10. The molecule has 20 heavy (non-hydrogen) atoms. The van der Waals surface area contributed by atoms with Crippen LogP contribution in [0.5, 0.6) is 5.75 Å². The number of carbonyl (C=O) groups is 1. The van der Waals surface area contributed by atoms with Gasteiger partial charge in [0.15, 0.2) is 0 Å². The van der Waals surface area contributed by atoms with Crippen molar-refractivity contribution in [2.24, 2.45) is 10.5 Å². The summed E-state index contributed by atoms with van der Waals surface area (Å²) in [5, 5.41) is 4.08. The minimum Gasteiger partial charge on any atom is -0.497 e. The van der Waals surface area contributed by atoms with Crippen LogP contribution in [0.4, 0.5) is 0 Å². The van der Waals surface area contributed by atoms with Crippen LogP contribution in [0.15, 0.2) is 29.4 Å². The van der Waals surface area contributed by atoms with E-state index in [4.69, 9.17) is 27.9 Å². The van der Waals surface area contributed by atoms with Gasteiger partial charge in [-0.25, -0.2) is 5.43 Å². The maximum atomic E-state index is 12.0. The van der Waals surface area contributed by atoms with E-state index in [9.17, 15) is 4.79 Å². The van der Waals surface area contributed by atoms with Crippen LogP contribution in [-0.2, 0) is 4.79 Å². The largest absolute Gasteiger partial charge is 0.497 e. The first-order chi connectivity index (χ1) is 9.30. The molecule has 4 nitrogen and oxygen atoms in total. The predicted octanol–water partition coefficient (Wildman–Crippen LogP) is 3.12. The van der Waals surface area contributed by atoms with Crippen molar-refractivity contribution in [3.05, 3.63) is 29.8 Å². The Bertz CT molecular complexity index is 555. The van der Waals surface area contributed by atoms with E-state index >= 15 is 0 Å². The van der Waals surface area contributed by atoms with Crippen LogP contribution in [0.1, 0.15) is 25.8 Å². The lowest BCUT2D eigenvalue weighted by atomic mass is 10.1. The monoisotopic (exact) mass is 314 g/mol. The molecule has 1 aliphatic carbocycles. The quantitative estimate of drug-likeness (QED) is 0.527. The smallest absolute Gasteiger partial charge is 0.249 e. The van der Waals surface area contributed by atoms with Crippen molar-refractivity contribution in [1.29, 1.82) is 0 Å². The number of benzene rings is 1. The number of rotatable bonds is 4. The van der Waals surface area contributed by atoms with Crippen LogP contribution >= 0.6 is 23.2 Å². The molecular weight excluding hydrogens is 299 g/mol. The van der Waals surface area contributed by atoms with Gasteiger partial charge in [-0.15, -0.1) is 23.2 Å². The summed E-state index contributed by atoms with van der Waals surface area (Å²) >= 11 is 11.9. The maximum absolute atomic E-state index is 12.0. The number of alkyl halides is 2. The summed E-state index contributed by atoms with van der Waals surface area (Å²) in [7, 11) is 1.61. The van der Waals surface area contributed by atoms with Gasteiger partial charge in [-0.05, 0) is 50.1 Å². The zero-order valence-electron chi connectivity index (χ0n) is 11.5. The number of nitrogens with zero attached hydrogens (tertiary/aromatic N) is 1. The molecule has 1 aliphatic rings. The molecule has 0 spiro atoms. The first-order valence-corrected chi connectivity index (χ1v) is 6.93. The minimum atomic E-state index is -0.985. The molecule has 2 rings (SSSR count). The maximum Gasteiger partial charge on any atom is 0.249 e. The molecular formula is C14H16Cl2N2O2. The Kier molecular flexibility index (Phi) is 3.98. The molecule has 1 atom stereocenters. The van der Waals surface area contributed by atoms with Gasteiger partial charge >= 0.3 is 0 Å². The second-order valence-corrected chi connectivity index (χ2v) is 6.56. The molecule has 1 aromatic rings. The van der Waals surface area contributed by atoms with Crippen LogP contribution in [0, 0.1) is 5.41 Å². The highest BCUT2D eigenvalue weighted by Gasteiger charge is 2.68. The summed E-state index contributed by atoms with van der Waals surface area (Å²) in [6, 6.07) is 7.41. The molecule has 0 bridgehead atoms. The highest BCUT2D eigenvalue weighted by Crippen LogP contribution is 2.63. The van der Waals surface area contributed by atoms with Crippen molar-refractivity contribution in [3.63, 3.8) is 0 Å². The van der Waals surface area contributed by atoms with Crippen LogP contribution in [0.2, 0.25) is 0 Å². The number of hydrogen-bond donors (Lipinski definition) is 1. The molecule has 0 aromatic heterocycles. The molecule has 0 aliphatic heterocycles.